The summed E-state index contributed by atoms with van der Waals surface area (Å²) in [7, 11) is 0. The van der Waals surface area contributed by atoms with Crippen LogP contribution in [-0.4, -0.2) is 6.21 Å². The van der Waals surface area contributed by atoms with E-state index < -0.39 is 0 Å². The average molecular weight is 178 g/mol. The Hall–Kier alpha value is -1.31. The van der Waals surface area contributed by atoms with Gasteiger partial charge in [-0.25, -0.2) is 0 Å². The van der Waals surface area contributed by atoms with E-state index >= 15 is 0 Å². The van der Waals surface area contributed by atoms with Crippen molar-refractivity contribution in [2.24, 2.45) is 5.10 Å². The Kier molecular flexibility index (Phi) is 5.60. The molecule has 0 atom stereocenters. The predicted octanol–water partition coefficient (Wildman–Crippen LogP) is 3.01. The third-order valence-electron chi connectivity index (χ3n) is 1.73. The first kappa shape index (κ1) is 11.7. The Balaban J connectivity index is 4.46. The van der Waals surface area contributed by atoms with Crippen molar-refractivity contribution < 1.29 is 0 Å². The van der Waals surface area contributed by atoms with Gasteiger partial charge in [0.15, 0.2) is 0 Å². The van der Waals surface area contributed by atoms with Gasteiger partial charge in [0.2, 0.25) is 0 Å². The fourth-order valence-electron chi connectivity index (χ4n) is 0.798. The number of hydrogen-bond donors (Lipinski definition) is 1. The lowest BCUT2D eigenvalue weighted by molar-refractivity contribution is 0.889. The molecule has 0 heterocycles. The van der Waals surface area contributed by atoms with Gasteiger partial charge in [-0.3, -0.25) is 5.43 Å². The number of rotatable bonds is 4. The summed E-state index contributed by atoms with van der Waals surface area (Å²) in [6.07, 6.45) is 5.61. The van der Waals surface area contributed by atoms with Crippen molar-refractivity contribution in [2.75, 3.05) is 0 Å². The molecule has 0 saturated heterocycles. The van der Waals surface area contributed by atoms with Crippen LogP contribution < -0.4 is 5.43 Å². The fraction of sp³-hybridized carbons (Fsp3) is 0.364. The van der Waals surface area contributed by atoms with E-state index in [1.807, 2.05) is 32.9 Å². The molecule has 2 heteroatoms. The third-order valence-corrected chi connectivity index (χ3v) is 1.73. The first-order chi connectivity index (χ1) is 6.11. The molecule has 2 nitrogen and oxygen atoms in total. The van der Waals surface area contributed by atoms with Crippen molar-refractivity contribution in [2.45, 2.75) is 27.7 Å². The number of allylic oxidation sites excluding steroid dienone is 5. The third kappa shape index (κ3) is 5.01. The molecule has 0 rings (SSSR count). The van der Waals surface area contributed by atoms with Gasteiger partial charge < -0.3 is 0 Å². The van der Waals surface area contributed by atoms with Crippen LogP contribution in [0.5, 0.6) is 0 Å². The molecule has 0 aliphatic rings. The molecule has 0 fully saturated rings. The molecule has 1 N–H and O–H groups in total. The molecule has 72 valence electrons. The van der Waals surface area contributed by atoms with Crippen molar-refractivity contribution in [3.8, 4) is 0 Å². The van der Waals surface area contributed by atoms with Gasteiger partial charge in [0, 0.05) is 11.9 Å². The van der Waals surface area contributed by atoms with Gasteiger partial charge in [-0.1, -0.05) is 12.7 Å². The van der Waals surface area contributed by atoms with Crippen molar-refractivity contribution in [3.05, 3.63) is 35.6 Å². The summed E-state index contributed by atoms with van der Waals surface area (Å²) < 4.78 is 0. The van der Waals surface area contributed by atoms with Gasteiger partial charge in [-0.2, -0.15) is 5.10 Å². The molecular formula is C11H18N2. The average Bonchev–Trinajstić information content (AvgIpc) is 2.13. The van der Waals surface area contributed by atoms with E-state index in [9.17, 15) is 0 Å². The lowest BCUT2D eigenvalue weighted by Crippen LogP contribution is -2.01. The molecule has 0 aromatic carbocycles. The van der Waals surface area contributed by atoms with E-state index in [4.69, 9.17) is 0 Å². The Labute approximate surface area is 80.7 Å². The van der Waals surface area contributed by atoms with Crippen molar-refractivity contribution >= 4 is 6.21 Å². The molecule has 0 aromatic heterocycles. The first-order valence-electron chi connectivity index (χ1n) is 4.33. The maximum absolute atomic E-state index is 3.92. The maximum atomic E-state index is 3.92. The van der Waals surface area contributed by atoms with Crippen LogP contribution in [0.1, 0.15) is 27.7 Å². The summed E-state index contributed by atoms with van der Waals surface area (Å²) in [5.41, 5.74) is 6.31. The van der Waals surface area contributed by atoms with E-state index in [0.717, 1.165) is 5.70 Å². The standard InChI is InChI=1S/C11H18N2/c1-6-9(3)10(4)8-11(5)13-12-7-2/h6-8,13H,1H2,2-5H3/b10-9-,11-8+,12-7-. The first-order valence-corrected chi connectivity index (χ1v) is 4.33. The Morgan fingerprint density at radius 1 is 1.23 bits per heavy atom. The molecule has 0 aromatic rings. The van der Waals surface area contributed by atoms with E-state index in [1.165, 1.54) is 11.1 Å². The van der Waals surface area contributed by atoms with Crippen LogP contribution in [0.3, 0.4) is 0 Å². The normalized spacial score (nSPS) is 14.3. The van der Waals surface area contributed by atoms with Crippen molar-refractivity contribution in [1.82, 2.24) is 5.43 Å². The molecule has 0 amide bonds. The van der Waals surface area contributed by atoms with Gasteiger partial charge in [0.05, 0.1) is 0 Å². The van der Waals surface area contributed by atoms with Crippen molar-refractivity contribution in [3.63, 3.8) is 0 Å². The number of nitrogens with zero attached hydrogens (tertiary/aromatic N) is 1. The monoisotopic (exact) mass is 178 g/mol. The molecule has 13 heavy (non-hydrogen) atoms. The van der Waals surface area contributed by atoms with E-state index in [2.05, 4.69) is 24.0 Å². The summed E-state index contributed by atoms with van der Waals surface area (Å²) in [6, 6.07) is 0. The SMILES string of the molecule is C=C/C(C)=C(C)\C=C(/C)N/N=C\C. The Morgan fingerprint density at radius 2 is 1.85 bits per heavy atom. The van der Waals surface area contributed by atoms with Crippen molar-refractivity contribution in [1.29, 1.82) is 0 Å². The minimum atomic E-state index is 1.02. The highest BCUT2D eigenvalue weighted by molar-refractivity contribution is 5.52. The van der Waals surface area contributed by atoms with E-state index in [-0.39, 0.29) is 0 Å². The van der Waals surface area contributed by atoms with Gasteiger partial charge in [-0.15, -0.1) is 0 Å². The van der Waals surface area contributed by atoms with Gasteiger partial charge >= 0.3 is 0 Å². The molecular weight excluding hydrogens is 160 g/mol. The number of hydrogen-bond acceptors (Lipinski definition) is 2. The summed E-state index contributed by atoms with van der Waals surface area (Å²) in [5.74, 6) is 0. The largest absolute Gasteiger partial charge is 0.283 e. The maximum Gasteiger partial charge on any atom is 0.0307 e. The van der Waals surface area contributed by atoms with Crippen LogP contribution >= 0.6 is 0 Å². The second-order valence-corrected chi connectivity index (χ2v) is 2.90. The molecule has 0 aliphatic heterocycles. The molecule has 0 saturated carbocycles. The summed E-state index contributed by atoms with van der Waals surface area (Å²) in [4.78, 5) is 0. The summed E-state index contributed by atoms with van der Waals surface area (Å²) in [6.45, 7) is 11.7. The smallest absolute Gasteiger partial charge is 0.0307 e. The van der Waals surface area contributed by atoms with Gasteiger partial charge in [-0.05, 0) is 44.9 Å². The van der Waals surface area contributed by atoms with Crippen LogP contribution in [0.25, 0.3) is 0 Å². The van der Waals surface area contributed by atoms with E-state index in [0.29, 0.717) is 0 Å². The van der Waals surface area contributed by atoms with E-state index in [1.54, 1.807) is 6.21 Å². The molecule has 0 unspecified atom stereocenters. The molecule has 0 spiro atoms. The zero-order valence-electron chi connectivity index (χ0n) is 8.89. The second-order valence-electron chi connectivity index (χ2n) is 2.90. The van der Waals surface area contributed by atoms with Crippen LogP contribution in [0.2, 0.25) is 0 Å². The topological polar surface area (TPSA) is 24.4 Å². The second kappa shape index (κ2) is 6.23. The quantitative estimate of drug-likeness (QED) is 0.399. The van der Waals surface area contributed by atoms with Crippen LogP contribution in [0.4, 0.5) is 0 Å². The highest BCUT2D eigenvalue weighted by Crippen LogP contribution is 2.07. The molecule has 0 aliphatic carbocycles. The zero-order valence-corrected chi connectivity index (χ0v) is 8.89. The Bertz CT molecular complexity index is 257. The van der Waals surface area contributed by atoms with Gasteiger partial charge in [0.25, 0.3) is 0 Å². The number of hydrazone groups is 1. The number of nitrogens with one attached hydrogen (secondary N) is 1. The van der Waals surface area contributed by atoms with Crippen LogP contribution in [0, 0.1) is 0 Å². The fourth-order valence-corrected chi connectivity index (χ4v) is 0.798. The van der Waals surface area contributed by atoms with Crippen LogP contribution in [0.15, 0.2) is 40.7 Å². The minimum Gasteiger partial charge on any atom is -0.283 e. The zero-order chi connectivity index (χ0) is 10.3. The highest BCUT2D eigenvalue weighted by atomic mass is 15.3. The molecule has 0 radical (unpaired) electrons. The molecule has 0 bridgehead atoms. The summed E-state index contributed by atoms with van der Waals surface area (Å²) in [5, 5.41) is 3.92. The highest BCUT2D eigenvalue weighted by Gasteiger charge is 1.90. The minimum absolute atomic E-state index is 1.02. The van der Waals surface area contributed by atoms with Crippen LogP contribution in [-0.2, 0) is 0 Å². The summed E-state index contributed by atoms with van der Waals surface area (Å²) >= 11 is 0. The lowest BCUT2D eigenvalue weighted by Gasteiger charge is -2.01. The predicted molar refractivity (Wildman–Crippen MR) is 59.6 cm³/mol. The lowest BCUT2D eigenvalue weighted by atomic mass is 10.1. The van der Waals surface area contributed by atoms with Gasteiger partial charge in [0.1, 0.15) is 0 Å². The Morgan fingerprint density at radius 3 is 2.31 bits per heavy atom.